The Morgan fingerprint density at radius 2 is 2.17 bits per heavy atom. The van der Waals surface area contributed by atoms with Crippen LogP contribution >= 0.6 is 11.3 Å². The predicted molar refractivity (Wildman–Crippen MR) is 81.0 cm³/mol. The molecule has 1 N–H and O–H groups in total. The number of rotatable bonds is 5. The molecule has 18 heavy (non-hydrogen) atoms. The second-order valence-corrected chi connectivity index (χ2v) is 6.80. The molecule has 1 fully saturated rings. The van der Waals surface area contributed by atoms with Gasteiger partial charge in [-0.25, -0.2) is 0 Å². The van der Waals surface area contributed by atoms with Crippen LogP contribution < -0.4 is 5.32 Å². The molecule has 4 atom stereocenters. The van der Waals surface area contributed by atoms with Crippen molar-refractivity contribution in [2.75, 3.05) is 6.54 Å². The molecular formula is C16H27NS. The van der Waals surface area contributed by atoms with E-state index in [4.69, 9.17) is 0 Å². The quantitative estimate of drug-likeness (QED) is 0.801. The minimum atomic E-state index is 0.589. The molecule has 1 aliphatic carbocycles. The second-order valence-electron chi connectivity index (χ2n) is 6.02. The molecule has 1 aromatic heterocycles. The van der Waals surface area contributed by atoms with Crippen molar-refractivity contribution in [1.29, 1.82) is 0 Å². The van der Waals surface area contributed by atoms with Gasteiger partial charge in [0.25, 0.3) is 0 Å². The first-order valence-electron chi connectivity index (χ1n) is 7.47. The molecule has 1 nitrogen and oxygen atoms in total. The number of hydrogen-bond donors (Lipinski definition) is 1. The molecule has 1 aliphatic rings. The van der Waals surface area contributed by atoms with Gasteiger partial charge in [0.05, 0.1) is 0 Å². The lowest BCUT2D eigenvalue weighted by Crippen LogP contribution is -2.33. The van der Waals surface area contributed by atoms with E-state index in [-0.39, 0.29) is 0 Å². The molecule has 1 aromatic rings. The first kappa shape index (κ1) is 14.1. The van der Waals surface area contributed by atoms with Gasteiger partial charge in [-0.15, -0.1) is 0 Å². The first-order chi connectivity index (χ1) is 8.72. The molecule has 0 saturated heterocycles. The third kappa shape index (κ3) is 3.36. The van der Waals surface area contributed by atoms with Gasteiger partial charge in [-0.3, -0.25) is 0 Å². The molecule has 0 aromatic carbocycles. The van der Waals surface area contributed by atoms with Crippen LogP contribution in [0.5, 0.6) is 0 Å². The molecule has 2 rings (SSSR count). The van der Waals surface area contributed by atoms with Gasteiger partial charge in [-0.05, 0) is 66.0 Å². The van der Waals surface area contributed by atoms with Gasteiger partial charge in [0.15, 0.2) is 0 Å². The van der Waals surface area contributed by atoms with Gasteiger partial charge in [0.1, 0.15) is 0 Å². The van der Waals surface area contributed by atoms with Crippen molar-refractivity contribution in [3.63, 3.8) is 0 Å². The van der Waals surface area contributed by atoms with Crippen LogP contribution in [-0.2, 0) is 0 Å². The highest BCUT2D eigenvalue weighted by molar-refractivity contribution is 7.07. The lowest BCUT2D eigenvalue weighted by molar-refractivity contribution is 0.171. The monoisotopic (exact) mass is 265 g/mol. The van der Waals surface area contributed by atoms with Crippen molar-refractivity contribution in [2.45, 2.75) is 52.5 Å². The normalized spacial score (nSPS) is 30.3. The topological polar surface area (TPSA) is 12.0 Å². The molecule has 0 bridgehead atoms. The summed E-state index contributed by atoms with van der Waals surface area (Å²) in [6, 6.07) is 2.90. The van der Waals surface area contributed by atoms with Crippen LogP contribution in [-0.4, -0.2) is 6.54 Å². The van der Waals surface area contributed by atoms with Crippen molar-refractivity contribution in [3.8, 4) is 0 Å². The van der Waals surface area contributed by atoms with Crippen LogP contribution in [0.25, 0.3) is 0 Å². The second kappa shape index (κ2) is 6.72. The summed E-state index contributed by atoms with van der Waals surface area (Å²) in [7, 11) is 0. The van der Waals surface area contributed by atoms with Gasteiger partial charge in [0, 0.05) is 6.04 Å². The van der Waals surface area contributed by atoms with E-state index in [1.165, 1.54) is 31.2 Å². The molecule has 0 spiro atoms. The summed E-state index contributed by atoms with van der Waals surface area (Å²) in [4.78, 5) is 0. The summed E-state index contributed by atoms with van der Waals surface area (Å²) in [5, 5.41) is 8.33. The fourth-order valence-electron chi connectivity index (χ4n) is 3.20. The van der Waals surface area contributed by atoms with Gasteiger partial charge in [-0.1, -0.05) is 27.2 Å². The van der Waals surface area contributed by atoms with Crippen molar-refractivity contribution < 1.29 is 0 Å². The summed E-state index contributed by atoms with van der Waals surface area (Å²) >= 11 is 1.83. The fourth-order valence-corrected chi connectivity index (χ4v) is 3.90. The smallest absolute Gasteiger partial charge is 0.0357 e. The van der Waals surface area contributed by atoms with Crippen LogP contribution in [0, 0.1) is 17.8 Å². The maximum atomic E-state index is 3.78. The Kier molecular flexibility index (Phi) is 5.25. The van der Waals surface area contributed by atoms with Crippen LogP contribution in [0.15, 0.2) is 16.8 Å². The highest BCUT2D eigenvalue weighted by atomic mass is 32.1. The zero-order valence-electron chi connectivity index (χ0n) is 12.0. The zero-order valence-corrected chi connectivity index (χ0v) is 12.8. The maximum Gasteiger partial charge on any atom is 0.0357 e. The van der Waals surface area contributed by atoms with Crippen LogP contribution in [0.1, 0.15) is 58.1 Å². The van der Waals surface area contributed by atoms with E-state index in [9.17, 15) is 0 Å². The van der Waals surface area contributed by atoms with Gasteiger partial charge in [-0.2, -0.15) is 11.3 Å². The molecule has 2 heteroatoms. The molecule has 102 valence electrons. The Bertz CT molecular complexity index is 333. The Hall–Kier alpha value is -0.340. The van der Waals surface area contributed by atoms with Crippen LogP contribution in [0.2, 0.25) is 0 Å². The van der Waals surface area contributed by atoms with E-state index in [2.05, 4.69) is 42.9 Å². The van der Waals surface area contributed by atoms with Crippen molar-refractivity contribution in [1.82, 2.24) is 5.32 Å². The minimum Gasteiger partial charge on any atom is -0.310 e. The van der Waals surface area contributed by atoms with Gasteiger partial charge in [0.2, 0.25) is 0 Å². The van der Waals surface area contributed by atoms with E-state index in [0.717, 1.165) is 24.3 Å². The van der Waals surface area contributed by atoms with E-state index < -0.39 is 0 Å². The highest BCUT2D eigenvalue weighted by Gasteiger charge is 2.30. The molecular weight excluding hydrogens is 238 g/mol. The van der Waals surface area contributed by atoms with Gasteiger partial charge >= 0.3 is 0 Å². The average Bonchev–Trinajstić information content (AvgIpc) is 2.88. The number of nitrogens with one attached hydrogen (secondary N) is 1. The Balaban J connectivity index is 2.04. The summed E-state index contributed by atoms with van der Waals surface area (Å²) in [5.41, 5.74) is 1.51. The SMILES string of the molecule is CCCNC(c1ccsc1)C1CCC(C)C(C)C1. The van der Waals surface area contributed by atoms with E-state index in [0.29, 0.717) is 6.04 Å². The third-order valence-electron chi connectivity index (χ3n) is 4.63. The molecule has 1 heterocycles. The predicted octanol–water partition coefficient (Wildman–Crippen LogP) is 4.86. The first-order valence-corrected chi connectivity index (χ1v) is 8.42. The van der Waals surface area contributed by atoms with Gasteiger partial charge < -0.3 is 5.32 Å². The molecule has 4 unspecified atom stereocenters. The number of thiophene rings is 1. The Labute approximate surface area is 116 Å². The summed E-state index contributed by atoms with van der Waals surface area (Å²) in [5.74, 6) is 2.63. The van der Waals surface area contributed by atoms with Crippen LogP contribution in [0.3, 0.4) is 0 Å². The van der Waals surface area contributed by atoms with Crippen molar-refractivity contribution in [2.24, 2.45) is 17.8 Å². The van der Waals surface area contributed by atoms with Crippen molar-refractivity contribution >= 4 is 11.3 Å². The largest absolute Gasteiger partial charge is 0.310 e. The Morgan fingerprint density at radius 3 is 2.78 bits per heavy atom. The minimum absolute atomic E-state index is 0.589. The maximum absolute atomic E-state index is 3.78. The summed E-state index contributed by atoms with van der Waals surface area (Å²) in [6.45, 7) is 8.24. The molecule has 0 radical (unpaired) electrons. The standard InChI is InChI=1S/C16H27NS/c1-4-8-17-16(15-7-9-18-11-15)14-6-5-12(2)13(3)10-14/h7,9,11-14,16-17H,4-6,8,10H2,1-3H3. The summed E-state index contributed by atoms with van der Waals surface area (Å²) < 4.78 is 0. The fraction of sp³-hybridized carbons (Fsp3) is 0.750. The molecule has 0 amide bonds. The number of hydrogen-bond acceptors (Lipinski definition) is 2. The van der Waals surface area contributed by atoms with E-state index in [1.54, 1.807) is 0 Å². The third-order valence-corrected chi connectivity index (χ3v) is 5.33. The zero-order chi connectivity index (χ0) is 13.0. The highest BCUT2D eigenvalue weighted by Crippen LogP contribution is 2.40. The Morgan fingerprint density at radius 1 is 1.33 bits per heavy atom. The van der Waals surface area contributed by atoms with Crippen molar-refractivity contribution in [3.05, 3.63) is 22.4 Å². The van der Waals surface area contributed by atoms with E-state index >= 15 is 0 Å². The van der Waals surface area contributed by atoms with Crippen LogP contribution in [0.4, 0.5) is 0 Å². The molecule has 0 aliphatic heterocycles. The average molecular weight is 265 g/mol. The lowest BCUT2D eigenvalue weighted by atomic mass is 9.72. The molecule has 1 saturated carbocycles. The lowest BCUT2D eigenvalue weighted by Gasteiger charge is -2.37. The van der Waals surface area contributed by atoms with E-state index in [1.807, 2.05) is 11.3 Å². The summed E-state index contributed by atoms with van der Waals surface area (Å²) in [6.07, 6.45) is 5.40.